The van der Waals surface area contributed by atoms with Gasteiger partial charge in [0.05, 0.1) is 6.10 Å². The summed E-state index contributed by atoms with van der Waals surface area (Å²) in [4.78, 5) is 11.8. The first-order valence-corrected chi connectivity index (χ1v) is 6.77. The van der Waals surface area contributed by atoms with Gasteiger partial charge in [0.2, 0.25) is 0 Å². The molecule has 0 aliphatic rings. The summed E-state index contributed by atoms with van der Waals surface area (Å²) in [5, 5.41) is 14.9. The second kappa shape index (κ2) is 7.92. The van der Waals surface area contributed by atoms with Crippen LogP contribution in [-0.4, -0.2) is 36.8 Å². The van der Waals surface area contributed by atoms with Gasteiger partial charge in [-0.05, 0) is 30.5 Å². The van der Waals surface area contributed by atoms with Gasteiger partial charge in [-0.2, -0.15) is 0 Å². The Morgan fingerprint density at radius 3 is 2.32 bits per heavy atom. The van der Waals surface area contributed by atoms with E-state index in [4.69, 9.17) is 5.11 Å². The van der Waals surface area contributed by atoms with Crippen molar-refractivity contribution >= 4 is 5.91 Å². The highest BCUT2D eigenvalue weighted by atomic mass is 16.3. The third-order valence-corrected chi connectivity index (χ3v) is 2.87. The Kier molecular flexibility index (Phi) is 6.53. The lowest BCUT2D eigenvalue weighted by Crippen LogP contribution is -2.34. The minimum absolute atomic E-state index is 0.0610. The standard InChI is InChI=1S/C15H24N2O2/c1-11(2)13-4-6-14(7-5-13)15(19)17-9-8-16-10-12(3)18/h4-7,11-12,16,18H,8-10H2,1-3H3,(H,17,19). The van der Waals surface area contributed by atoms with Crippen molar-refractivity contribution in [3.05, 3.63) is 35.4 Å². The number of hydrogen-bond donors (Lipinski definition) is 3. The number of hydrogen-bond acceptors (Lipinski definition) is 3. The molecule has 0 aromatic heterocycles. The summed E-state index contributed by atoms with van der Waals surface area (Å²) in [7, 11) is 0. The number of rotatable bonds is 7. The first-order valence-electron chi connectivity index (χ1n) is 6.77. The molecule has 1 aromatic rings. The lowest BCUT2D eigenvalue weighted by molar-refractivity contribution is 0.0953. The molecule has 0 aliphatic carbocycles. The fourth-order valence-corrected chi connectivity index (χ4v) is 1.70. The number of nitrogens with one attached hydrogen (secondary N) is 2. The van der Waals surface area contributed by atoms with Crippen molar-refractivity contribution in [1.82, 2.24) is 10.6 Å². The van der Waals surface area contributed by atoms with Crippen LogP contribution in [0.3, 0.4) is 0 Å². The molecule has 0 aliphatic heterocycles. The van der Waals surface area contributed by atoms with E-state index in [1.165, 1.54) is 5.56 Å². The Morgan fingerprint density at radius 2 is 1.79 bits per heavy atom. The Morgan fingerprint density at radius 1 is 1.16 bits per heavy atom. The van der Waals surface area contributed by atoms with Gasteiger partial charge >= 0.3 is 0 Å². The van der Waals surface area contributed by atoms with Crippen molar-refractivity contribution in [2.75, 3.05) is 19.6 Å². The van der Waals surface area contributed by atoms with Gasteiger partial charge in [-0.1, -0.05) is 26.0 Å². The maximum atomic E-state index is 11.8. The minimum Gasteiger partial charge on any atom is -0.392 e. The number of aliphatic hydroxyl groups is 1. The van der Waals surface area contributed by atoms with E-state index in [2.05, 4.69) is 24.5 Å². The zero-order valence-corrected chi connectivity index (χ0v) is 11.9. The van der Waals surface area contributed by atoms with Gasteiger partial charge in [-0.3, -0.25) is 4.79 Å². The van der Waals surface area contributed by atoms with Gasteiger partial charge in [0.15, 0.2) is 0 Å². The molecule has 3 N–H and O–H groups in total. The molecule has 1 rings (SSSR count). The van der Waals surface area contributed by atoms with E-state index in [1.54, 1.807) is 6.92 Å². The van der Waals surface area contributed by atoms with Crippen LogP contribution >= 0.6 is 0 Å². The van der Waals surface area contributed by atoms with Gasteiger partial charge in [-0.15, -0.1) is 0 Å². The van der Waals surface area contributed by atoms with Crippen LogP contribution in [0.4, 0.5) is 0 Å². The molecule has 19 heavy (non-hydrogen) atoms. The number of carbonyl (C=O) groups excluding carboxylic acids is 1. The van der Waals surface area contributed by atoms with Crippen molar-refractivity contribution in [3.63, 3.8) is 0 Å². The average molecular weight is 264 g/mol. The van der Waals surface area contributed by atoms with Gasteiger partial charge in [0.1, 0.15) is 0 Å². The number of carbonyl (C=O) groups is 1. The van der Waals surface area contributed by atoms with E-state index in [-0.39, 0.29) is 12.0 Å². The van der Waals surface area contributed by atoms with Crippen LogP contribution in [0.2, 0.25) is 0 Å². The van der Waals surface area contributed by atoms with E-state index < -0.39 is 0 Å². The van der Waals surface area contributed by atoms with Crippen LogP contribution < -0.4 is 10.6 Å². The zero-order valence-electron chi connectivity index (χ0n) is 11.9. The lowest BCUT2D eigenvalue weighted by atomic mass is 10.0. The van der Waals surface area contributed by atoms with Crippen LogP contribution in [0.25, 0.3) is 0 Å². The van der Waals surface area contributed by atoms with Crippen molar-refractivity contribution in [3.8, 4) is 0 Å². The summed E-state index contributed by atoms with van der Waals surface area (Å²) in [6.45, 7) is 7.73. The number of aliphatic hydroxyl groups excluding tert-OH is 1. The first kappa shape index (κ1) is 15.7. The van der Waals surface area contributed by atoms with E-state index in [0.29, 0.717) is 31.1 Å². The Hall–Kier alpha value is -1.39. The molecule has 4 nitrogen and oxygen atoms in total. The van der Waals surface area contributed by atoms with Crippen LogP contribution in [0.1, 0.15) is 42.6 Å². The molecule has 1 atom stereocenters. The molecule has 0 heterocycles. The molecule has 0 radical (unpaired) electrons. The molecule has 0 saturated carbocycles. The van der Waals surface area contributed by atoms with Crippen LogP contribution in [0.5, 0.6) is 0 Å². The first-order chi connectivity index (χ1) is 9.00. The third-order valence-electron chi connectivity index (χ3n) is 2.87. The van der Waals surface area contributed by atoms with Crippen LogP contribution in [0.15, 0.2) is 24.3 Å². The second-order valence-electron chi connectivity index (χ2n) is 5.09. The smallest absolute Gasteiger partial charge is 0.251 e. The SMILES string of the molecule is CC(O)CNCCNC(=O)c1ccc(C(C)C)cc1. The maximum absolute atomic E-state index is 11.8. The summed E-state index contributed by atoms with van der Waals surface area (Å²) < 4.78 is 0. The topological polar surface area (TPSA) is 61.4 Å². The molecule has 1 aromatic carbocycles. The Labute approximate surface area is 115 Å². The Bertz CT molecular complexity index is 386. The highest BCUT2D eigenvalue weighted by Crippen LogP contribution is 2.14. The molecule has 0 bridgehead atoms. The van der Waals surface area contributed by atoms with Crippen LogP contribution in [-0.2, 0) is 0 Å². The molecule has 106 valence electrons. The molecule has 0 fully saturated rings. The molecule has 0 spiro atoms. The number of amides is 1. The fourth-order valence-electron chi connectivity index (χ4n) is 1.70. The molecule has 0 saturated heterocycles. The van der Waals surface area contributed by atoms with E-state index in [0.717, 1.165) is 0 Å². The van der Waals surface area contributed by atoms with Crippen molar-refractivity contribution in [2.45, 2.75) is 32.8 Å². The monoisotopic (exact) mass is 264 g/mol. The quantitative estimate of drug-likeness (QED) is 0.654. The maximum Gasteiger partial charge on any atom is 0.251 e. The predicted octanol–water partition coefficient (Wildman–Crippen LogP) is 1.51. The minimum atomic E-state index is -0.362. The Balaban J connectivity index is 2.33. The van der Waals surface area contributed by atoms with Gasteiger partial charge in [-0.25, -0.2) is 0 Å². The van der Waals surface area contributed by atoms with Gasteiger partial charge < -0.3 is 15.7 Å². The average Bonchev–Trinajstić information content (AvgIpc) is 2.37. The van der Waals surface area contributed by atoms with E-state index in [9.17, 15) is 4.79 Å². The second-order valence-corrected chi connectivity index (χ2v) is 5.09. The van der Waals surface area contributed by atoms with E-state index >= 15 is 0 Å². The van der Waals surface area contributed by atoms with Crippen LogP contribution in [0, 0.1) is 0 Å². The summed E-state index contributed by atoms with van der Waals surface area (Å²) >= 11 is 0. The molecular formula is C15H24N2O2. The molecule has 1 unspecified atom stereocenters. The zero-order chi connectivity index (χ0) is 14.3. The van der Waals surface area contributed by atoms with Crippen molar-refractivity contribution in [2.24, 2.45) is 0 Å². The highest BCUT2D eigenvalue weighted by molar-refractivity contribution is 5.94. The summed E-state index contributed by atoms with van der Waals surface area (Å²) in [6.07, 6.45) is -0.362. The van der Waals surface area contributed by atoms with E-state index in [1.807, 2.05) is 24.3 Å². The normalized spacial score (nSPS) is 12.5. The highest BCUT2D eigenvalue weighted by Gasteiger charge is 2.05. The summed E-state index contributed by atoms with van der Waals surface area (Å²) in [6, 6.07) is 7.69. The van der Waals surface area contributed by atoms with Gasteiger partial charge in [0, 0.05) is 25.2 Å². The predicted molar refractivity (Wildman–Crippen MR) is 77.4 cm³/mol. The number of benzene rings is 1. The largest absolute Gasteiger partial charge is 0.392 e. The molecule has 4 heteroatoms. The summed E-state index contributed by atoms with van der Waals surface area (Å²) in [5.41, 5.74) is 1.91. The fraction of sp³-hybridized carbons (Fsp3) is 0.533. The lowest BCUT2D eigenvalue weighted by Gasteiger charge is -2.09. The summed E-state index contributed by atoms with van der Waals surface area (Å²) in [5.74, 6) is 0.413. The third kappa shape index (κ3) is 5.85. The van der Waals surface area contributed by atoms with Crippen molar-refractivity contribution in [1.29, 1.82) is 0 Å². The molecule has 1 amide bonds. The molecular weight excluding hydrogens is 240 g/mol. The van der Waals surface area contributed by atoms with Crippen molar-refractivity contribution < 1.29 is 9.90 Å². The van der Waals surface area contributed by atoms with Gasteiger partial charge in [0.25, 0.3) is 5.91 Å².